The average Bonchev–Trinajstić information content (AvgIpc) is 3.31. The van der Waals surface area contributed by atoms with E-state index in [-0.39, 0.29) is 18.4 Å². The van der Waals surface area contributed by atoms with Gasteiger partial charge < -0.3 is 9.84 Å². The quantitative estimate of drug-likeness (QED) is 0.914. The summed E-state index contributed by atoms with van der Waals surface area (Å²) in [6.45, 7) is 1.79. The third kappa shape index (κ3) is 2.86. The van der Waals surface area contributed by atoms with Crippen molar-refractivity contribution in [2.75, 3.05) is 13.7 Å². The Morgan fingerprint density at radius 2 is 1.65 bits per heavy atom. The second-order valence-corrected chi connectivity index (χ2v) is 8.07. The molecule has 0 spiro atoms. The Labute approximate surface area is 136 Å². The van der Waals surface area contributed by atoms with Crippen LogP contribution >= 0.6 is 0 Å². The summed E-state index contributed by atoms with van der Waals surface area (Å²) in [5.74, 6) is 0.305. The summed E-state index contributed by atoms with van der Waals surface area (Å²) in [5, 5.41) is 9.01. The molecule has 0 radical (unpaired) electrons. The highest BCUT2D eigenvalue weighted by Gasteiger charge is 2.58. The largest absolute Gasteiger partial charge is 0.497 e. The Bertz CT molecular complexity index is 779. The standard InChI is InChI=1S/C18H20O4S/c1-12-3-9-15(10-4-12)23(20,21)18-16(11-19)17(18)13-5-7-14(22-2)8-6-13/h3-10,16-19H,11H2,1-2H3/t16-,17-,18-/m0/s1. The summed E-state index contributed by atoms with van der Waals surface area (Å²) in [6.07, 6.45) is 0. The van der Waals surface area contributed by atoms with E-state index >= 15 is 0 Å². The van der Waals surface area contributed by atoms with Crippen LogP contribution in [0.3, 0.4) is 0 Å². The fourth-order valence-electron chi connectivity index (χ4n) is 3.13. The van der Waals surface area contributed by atoms with Crippen LogP contribution in [-0.4, -0.2) is 32.5 Å². The molecule has 0 amide bonds. The zero-order valence-corrected chi connectivity index (χ0v) is 14.0. The molecule has 0 bridgehead atoms. The second-order valence-electron chi connectivity index (χ2n) is 5.97. The molecule has 0 unspecified atom stereocenters. The van der Waals surface area contributed by atoms with E-state index in [1.165, 1.54) is 0 Å². The van der Waals surface area contributed by atoms with Gasteiger partial charge in [0.15, 0.2) is 9.84 Å². The topological polar surface area (TPSA) is 63.6 Å². The molecular weight excluding hydrogens is 312 g/mol. The van der Waals surface area contributed by atoms with Crippen molar-refractivity contribution in [3.63, 3.8) is 0 Å². The van der Waals surface area contributed by atoms with E-state index in [0.717, 1.165) is 16.9 Å². The van der Waals surface area contributed by atoms with E-state index in [0.29, 0.717) is 4.90 Å². The lowest BCUT2D eigenvalue weighted by atomic mass is 10.1. The van der Waals surface area contributed by atoms with Crippen molar-refractivity contribution < 1.29 is 18.3 Å². The maximum Gasteiger partial charge on any atom is 0.182 e. The molecule has 0 saturated heterocycles. The van der Waals surface area contributed by atoms with Crippen LogP contribution in [0, 0.1) is 12.8 Å². The van der Waals surface area contributed by atoms with Gasteiger partial charge in [-0.3, -0.25) is 0 Å². The monoisotopic (exact) mass is 332 g/mol. The van der Waals surface area contributed by atoms with Gasteiger partial charge in [-0.25, -0.2) is 8.42 Å². The zero-order chi connectivity index (χ0) is 16.6. The minimum Gasteiger partial charge on any atom is -0.497 e. The minimum atomic E-state index is -3.45. The lowest BCUT2D eigenvalue weighted by Crippen LogP contribution is -2.11. The molecule has 1 aliphatic rings. The molecule has 0 heterocycles. The number of benzene rings is 2. The molecule has 3 rings (SSSR count). The van der Waals surface area contributed by atoms with E-state index in [1.54, 1.807) is 31.4 Å². The summed E-state index contributed by atoms with van der Waals surface area (Å²) in [6, 6.07) is 14.3. The smallest absolute Gasteiger partial charge is 0.182 e. The van der Waals surface area contributed by atoms with Crippen LogP contribution in [0.25, 0.3) is 0 Å². The summed E-state index contributed by atoms with van der Waals surface area (Å²) < 4.78 is 30.8. The molecule has 5 heteroatoms. The molecule has 0 aliphatic heterocycles. The number of rotatable bonds is 5. The molecule has 1 N–H and O–H groups in total. The molecule has 3 atom stereocenters. The fourth-order valence-corrected chi connectivity index (χ4v) is 5.33. The third-order valence-electron chi connectivity index (χ3n) is 4.52. The Hall–Kier alpha value is -1.85. The van der Waals surface area contributed by atoms with Crippen molar-refractivity contribution in [1.82, 2.24) is 0 Å². The van der Waals surface area contributed by atoms with Gasteiger partial charge in [0, 0.05) is 18.4 Å². The zero-order valence-electron chi connectivity index (χ0n) is 13.1. The van der Waals surface area contributed by atoms with Gasteiger partial charge in [0.2, 0.25) is 0 Å². The van der Waals surface area contributed by atoms with Gasteiger partial charge in [-0.1, -0.05) is 29.8 Å². The van der Waals surface area contributed by atoms with E-state index in [1.807, 2.05) is 31.2 Å². The lowest BCUT2D eigenvalue weighted by molar-refractivity contribution is 0.274. The first-order chi connectivity index (χ1) is 11.0. The summed E-state index contributed by atoms with van der Waals surface area (Å²) in [4.78, 5) is 0.322. The van der Waals surface area contributed by atoms with Gasteiger partial charge in [0.1, 0.15) is 5.75 Å². The maximum atomic E-state index is 12.8. The molecule has 2 aromatic rings. The van der Waals surface area contributed by atoms with Crippen molar-refractivity contribution >= 4 is 9.84 Å². The number of sulfone groups is 1. The highest BCUT2D eigenvalue weighted by Crippen LogP contribution is 2.53. The van der Waals surface area contributed by atoms with Crippen LogP contribution in [-0.2, 0) is 9.84 Å². The van der Waals surface area contributed by atoms with Crippen LogP contribution < -0.4 is 4.74 Å². The third-order valence-corrected chi connectivity index (χ3v) is 6.80. The number of ether oxygens (including phenoxy) is 1. The Kier molecular flexibility index (Phi) is 4.17. The van der Waals surface area contributed by atoms with Crippen molar-refractivity contribution in [3.8, 4) is 5.75 Å². The fraction of sp³-hybridized carbons (Fsp3) is 0.333. The Morgan fingerprint density at radius 1 is 1.04 bits per heavy atom. The number of hydrogen-bond donors (Lipinski definition) is 1. The first-order valence-corrected chi connectivity index (χ1v) is 9.09. The van der Waals surface area contributed by atoms with Gasteiger partial charge in [-0.15, -0.1) is 0 Å². The number of aliphatic hydroxyl groups is 1. The summed E-state index contributed by atoms with van der Waals surface area (Å²) in [5.41, 5.74) is 1.94. The van der Waals surface area contributed by atoms with Crippen molar-refractivity contribution in [2.24, 2.45) is 5.92 Å². The Morgan fingerprint density at radius 3 is 2.17 bits per heavy atom. The molecule has 1 fully saturated rings. The van der Waals surface area contributed by atoms with Gasteiger partial charge in [0.25, 0.3) is 0 Å². The van der Waals surface area contributed by atoms with E-state index in [4.69, 9.17) is 4.74 Å². The highest BCUT2D eigenvalue weighted by molar-refractivity contribution is 7.92. The molecule has 2 aromatic carbocycles. The molecular formula is C18H20O4S. The molecule has 1 aliphatic carbocycles. The average molecular weight is 332 g/mol. The van der Waals surface area contributed by atoms with Gasteiger partial charge in [-0.05, 0) is 36.8 Å². The number of aryl methyl sites for hydroxylation is 1. The second kappa shape index (κ2) is 5.98. The van der Waals surface area contributed by atoms with Crippen LogP contribution in [0.1, 0.15) is 17.0 Å². The minimum absolute atomic E-state index is 0.132. The molecule has 0 aromatic heterocycles. The van der Waals surface area contributed by atoms with E-state index in [2.05, 4.69) is 0 Å². The van der Waals surface area contributed by atoms with Crippen molar-refractivity contribution in [1.29, 1.82) is 0 Å². The molecule has 23 heavy (non-hydrogen) atoms. The predicted molar refractivity (Wildman–Crippen MR) is 88.5 cm³/mol. The molecule has 1 saturated carbocycles. The van der Waals surface area contributed by atoms with Crippen molar-refractivity contribution in [2.45, 2.75) is 23.0 Å². The molecule has 122 valence electrons. The first kappa shape index (κ1) is 16.0. The van der Waals surface area contributed by atoms with E-state index < -0.39 is 15.1 Å². The number of aliphatic hydroxyl groups excluding tert-OH is 1. The van der Waals surface area contributed by atoms with Gasteiger partial charge in [-0.2, -0.15) is 0 Å². The van der Waals surface area contributed by atoms with Crippen LogP contribution in [0.2, 0.25) is 0 Å². The van der Waals surface area contributed by atoms with Crippen LogP contribution in [0.5, 0.6) is 5.75 Å². The van der Waals surface area contributed by atoms with Gasteiger partial charge in [0.05, 0.1) is 17.3 Å². The normalized spacial score (nSPS) is 23.5. The number of hydrogen-bond acceptors (Lipinski definition) is 4. The summed E-state index contributed by atoms with van der Waals surface area (Å²) >= 11 is 0. The lowest BCUT2D eigenvalue weighted by Gasteiger charge is -2.05. The predicted octanol–water partition coefficient (Wildman–Crippen LogP) is 2.55. The SMILES string of the molecule is COc1ccc([C@H]2[C@H](CO)[C@@H]2S(=O)(=O)c2ccc(C)cc2)cc1. The van der Waals surface area contributed by atoms with Gasteiger partial charge >= 0.3 is 0 Å². The maximum absolute atomic E-state index is 12.8. The van der Waals surface area contributed by atoms with Crippen molar-refractivity contribution in [3.05, 3.63) is 59.7 Å². The molecule has 4 nitrogen and oxygen atoms in total. The van der Waals surface area contributed by atoms with Crippen LogP contribution in [0.15, 0.2) is 53.4 Å². The van der Waals surface area contributed by atoms with E-state index in [9.17, 15) is 13.5 Å². The summed E-state index contributed by atoms with van der Waals surface area (Å²) in [7, 11) is -1.86. The van der Waals surface area contributed by atoms with Crippen LogP contribution in [0.4, 0.5) is 0 Å². The highest BCUT2D eigenvalue weighted by atomic mass is 32.2. The first-order valence-electron chi connectivity index (χ1n) is 7.54. The number of methoxy groups -OCH3 is 1. The Balaban J connectivity index is 1.90.